The molecular weight excluding hydrogens is 701 g/mol. The zero-order valence-electron chi connectivity index (χ0n) is 30.8. The molecule has 0 saturated carbocycles. The molecule has 2 atom stereocenters. The third-order valence-electron chi connectivity index (χ3n) is 9.19. The van der Waals surface area contributed by atoms with Crippen LogP contribution in [0.2, 0.25) is 26.2 Å². The molecule has 0 radical (unpaired) electrons. The normalized spacial score (nSPS) is 11.9. The summed E-state index contributed by atoms with van der Waals surface area (Å²) in [7, 11) is -4.15. The van der Waals surface area contributed by atoms with Gasteiger partial charge in [0.05, 0.1) is 9.85 Å². The fourth-order valence-electron chi connectivity index (χ4n) is 6.57. The van der Waals surface area contributed by atoms with E-state index in [2.05, 4.69) is 73.4 Å². The van der Waals surface area contributed by atoms with Gasteiger partial charge in [0.1, 0.15) is 16.1 Å². The maximum Gasteiger partial charge on any atom is 0.269 e. The van der Waals surface area contributed by atoms with Crippen molar-refractivity contribution in [1.29, 1.82) is 0 Å². The van der Waals surface area contributed by atoms with Gasteiger partial charge in [0.15, 0.2) is 0 Å². The molecule has 54 heavy (non-hydrogen) atoms. The number of nitro benzene ring substituents is 2. The number of nitrogens with zero attached hydrogens (tertiary/aromatic N) is 2. The van der Waals surface area contributed by atoms with Gasteiger partial charge in [-0.2, -0.15) is 0 Å². The number of rotatable bonds is 8. The Bertz CT molecular complexity index is 2110. The Balaban J connectivity index is 0.000000208. The summed E-state index contributed by atoms with van der Waals surface area (Å²) in [6, 6.07) is 54.4. The number of hydrogen-bond acceptors (Lipinski definition) is 4. The monoisotopic (exact) mass is 742 g/mol. The van der Waals surface area contributed by atoms with Gasteiger partial charge >= 0.3 is 0 Å². The van der Waals surface area contributed by atoms with E-state index in [0.717, 1.165) is 22.3 Å². The molecule has 0 bridgehead atoms. The van der Waals surface area contributed by atoms with Crippen LogP contribution >= 0.6 is 0 Å². The zero-order chi connectivity index (χ0) is 38.6. The Morgan fingerprint density at radius 2 is 0.667 bits per heavy atom. The smallest absolute Gasteiger partial charge is 0.258 e. The molecule has 0 aromatic heterocycles. The minimum Gasteiger partial charge on any atom is -0.258 e. The van der Waals surface area contributed by atoms with Crippen LogP contribution in [0, 0.1) is 43.2 Å². The summed E-state index contributed by atoms with van der Waals surface area (Å²) in [6.07, 6.45) is 0. The second kappa shape index (κ2) is 17.9. The maximum atomic E-state index is 11.0. The first kappa shape index (κ1) is 38.9. The molecule has 0 N–H and O–H groups in total. The molecule has 6 aromatic carbocycles. The molecule has 0 aliphatic carbocycles. The lowest BCUT2D eigenvalue weighted by Crippen LogP contribution is -2.34. The van der Waals surface area contributed by atoms with Gasteiger partial charge in [-0.05, 0) is 46.5 Å². The highest BCUT2D eigenvalue weighted by Gasteiger charge is 2.34. The lowest BCUT2D eigenvalue weighted by molar-refractivity contribution is -0.385. The highest BCUT2D eigenvalue weighted by atomic mass is 28.3. The van der Waals surface area contributed by atoms with Crippen molar-refractivity contribution in [2.75, 3.05) is 0 Å². The Labute approximate surface area is 319 Å². The standard InChI is InChI=1S/2C23H21NO2Si/c2*1-27(2,18-17-19-9-5-3-6-10-19)23(20-11-7-4-8-12-20)21-13-15-22(16-14-21)24(25)26/h2*3-16,23H,1-2H3/t2*23-/m00/s1. The van der Waals surface area contributed by atoms with E-state index in [9.17, 15) is 20.2 Å². The summed E-state index contributed by atoms with van der Waals surface area (Å²) >= 11 is 0. The Kier molecular flexibility index (Phi) is 12.9. The third-order valence-corrected chi connectivity index (χ3v) is 14.9. The van der Waals surface area contributed by atoms with Crippen LogP contribution in [-0.2, 0) is 0 Å². The van der Waals surface area contributed by atoms with Crippen LogP contribution in [0.1, 0.15) is 44.5 Å². The summed E-state index contributed by atoms with van der Waals surface area (Å²) in [5.41, 5.74) is 14.2. The van der Waals surface area contributed by atoms with E-state index in [4.69, 9.17) is 0 Å². The summed E-state index contributed by atoms with van der Waals surface area (Å²) in [5.74, 6) is 6.68. The van der Waals surface area contributed by atoms with Crippen LogP contribution in [0.15, 0.2) is 170 Å². The van der Waals surface area contributed by atoms with Crippen molar-refractivity contribution in [2.24, 2.45) is 0 Å². The highest BCUT2D eigenvalue weighted by molar-refractivity contribution is 6.87. The SMILES string of the molecule is C[Si](C)(C#Cc1ccccc1)[C@@H](c1ccccc1)c1ccc([N+](=O)[O-])cc1.C[Si](C)(C#Cc1ccccc1)[C@@H](c1ccccc1)c1ccc([N+](=O)[O-])cc1. The van der Waals surface area contributed by atoms with Gasteiger partial charge in [-0.1, -0.05) is 159 Å². The van der Waals surface area contributed by atoms with Crippen LogP contribution in [0.4, 0.5) is 11.4 Å². The van der Waals surface area contributed by atoms with Crippen LogP contribution in [0.25, 0.3) is 0 Å². The summed E-state index contributed by atoms with van der Waals surface area (Å²) < 4.78 is 0. The van der Waals surface area contributed by atoms with E-state index >= 15 is 0 Å². The average molecular weight is 743 g/mol. The quantitative estimate of drug-likeness (QED) is 0.0672. The lowest BCUT2D eigenvalue weighted by atomic mass is 10.0. The molecule has 0 spiro atoms. The molecule has 0 amide bonds. The predicted octanol–water partition coefficient (Wildman–Crippen LogP) is 11.1. The molecular formula is C46H42N2O4Si2. The topological polar surface area (TPSA) is 86.3 Å². The summed E-state index contributed by atoms with van der Waals surface area (Å²) in [5, 5.41) is 22.0. The second-order valence-corrected chi connectivity index (χ2v) is 22.6. The first-order valence-electron chi connectivity index (χ1n) is 17.7. The lowest BCUT2D eigenvalue weighted by Gasteiger charge is -2.29. The van der Waals surface area contributed by atoms with E-state index in [1.54, 1.807) is 24.3 Å². The average Bonchev–Trinajstić information content (AvgIpc) is 3.19. The van der Waals surface area contributed by atoms with Crippen molar-refractivity contribution < 1.29 is 9.85 Å². The van der Waals surface area contributed by atoms with Gasteiger partial charge in [0.25, 0.3) is 11.4 Å². The molecule has 268 valence electrons. The fourth-order valence-corrected chi connectivity index (χ4v) is 11.9. The predicted molar refractivity (Wildman–Crippen MR) is 224 cm³/mol. The van der Waals surface area contributed by atoms with Crippen molar-refractivity contribution in [3.05, 3.63) is 223 Å². The Morgan fingerprint density at radius 1 is 0.407 bits per heavy atom. The molecule has 0 heterocycles. The molecule has 0 unspecified atom stereocenters. The number of non-ortho nitro benzene ring substituents is 2. The molecule has 0 aliphatic rings. The van der Waals surface area contributed by atoms with E-state index in [1.807, 2.05) is 121 Å². The van der Waals surface area contributed by atoms with Gasteiger partial charge in [-0.25, -0.2) is 0 Å². The number of nitro groups is 2. The van der Waals surface area contributed by atoms with E-state index in [-0.39, 0.29) is 32.3 Å². The third kappa shape index (κ3) is 10.4. The second-order valence-electron chi connectivity index (χ2n) is 14.1. The molecule has 0 saturated heterocycles. The Morgan fingerprint density at radius 3 is 0.944 bits per heavy atom. The van der Waals surface area contributed by atoms with Gasteiger partial charge < -0.3 is 0 Å². The first-order chi connectivity index (χ1) is 25.9. The minimum absolute atomic E-state index is 0.111. The number of benzene rings is 6. The van der Waals surface area contributed by atoms with E-state index in [0.29, 0.717) is 0 Å². The summed E-state index contributed by atoms with van der Waals surface area (Å²) in [4.78, 5) is 21.3. The van der Waals surface area contributed by atoms with Crippen molar-refractivity contribution in [1.82, 2.24) is 0 Å². The van der Waals surface area contributed by atoms with Crippen LogP contribution < -0.4 is 0 Å². The number of hydrogen-bond donors (Lipinski definition) is 0. The van der Waals surface area contributed by atoms with E-state index < -0.39 is 16.1 Å². The summed E-state index contributed by atoms with van der Waals surface area (Å²) in [6.45, 7) is 9.01. The van der Waals surface area contributed by atoms with Gasteiger partial charge in [0, 0.05) is 46.5 Å². The van der Waals surface area contributed by atoms with Crippen molar-refractivity contribution in [3.8, 4) is 22.9 Å². The van der Waals surface area contributed by atoms with Gasteiger partial charge in [0.2, 0.25) is 0 Å². The fraction of sp³-hybridized carbons (Fsp3) is 0.130. The molecule has 0 aliphatic heterocycles. The van der Waals surface area contributed by atoms with Crippen molar-refractivity contribution >= 4 is 27.5 Å². The van der Waals surface area contributed by atoms with Gasteiger partial charge in [-0.3, -0.25) is 20.2 Å². The zero-order valence-corrected chi connectivity index (χ0v) is 32.8. The van der Waals surface area contributed by atoms with Gasteiger partial charge in [-0.15, -0.1) is 11.1 Å². The first-order valence-corrected chi connectivity index (χ1v) is 23.8. The molecule has 8 heteroatoms. The largest absolute Gasteiger partial charge is 0.269 e. The van der Waals surface area contributed by atoms with E-state index in [1.165, 1.54) is 11.1 Å². The maximum absolute atomic E-state index is 11.0. The van der Waals surface area contributed by atoms with Crippen LogP contribution in [0.5, 0.6) is 0 Å². The van der Waals surface area contributed by atoms with Crippen molar-refractivity contribution in [2.45, 2.75) is 37.3 Å². The minimum atomic E-state index is -2.07. The highest BCUT2D eigenvalue weighted by Crippen LogP contribution is 2.36. The molecule has 6 nitrogen and oxygen atoms in total. The Hall–Kier alpha value is -6.33. The van der Waals surface area contributed by atoms with Crippen molar-refractivity contribution in [3.63, 3.8) is 0 Å². The van der Waals surface area contributed by atoms with Crippen LogP contribution in [0.3, 0.4) is 0 Å². The molecule has 6 aromatic rings. The molecule has 0 fully saturated rings. The van der Waals surface area contributed by atoms with Crippen LogP contribution in [-0.4, -0.2) is 26.0 Å². The molecule has 6 rings (SSSR count).